The number of hydrogen-bond donors (Lipinski definition) is 4. The number of amides is 4. The number of rotatable bonds is 8. The first-order valence-corrected chi connectivity index (χ1v) is 14.2. The van der Waals surface area contributed by atoms with Crippen molar-refractivity contribution in [1.82, 2.24) is 15.1 Å². The Morgan fingerprint density at radius 2 is 1.41 bits per heavy atom. The Morgan fingerprint density at radius 1 is 0.756 bits per heavy atom. The fourth-order valence-electron chi connectivity index (χ4n) is 5.56. The molecule has 2 aliphatic rings. The third-order valence-corrected chi connectivity index (χ3v) is 7.92. The van der Waals surface area contributed by atoms with Crippen LogP contribution in [0.5, 0.6) is 0 Å². The Hall–Kier alpha value is -4.21. The van der Waals surface area contributed by atoms with Gasteiger partial charge in [0.2, 0.25) is 0 Å². The molecule has 0 spiro atoms. The van der Waals surface area contributed by atoms with Crippen molar-refractivity contribution in [3.63, 3.8) is 0 Å². The lowest BCUT2D eigenvalue weighted by Gasteiger charge is -2.35. The molecule has 3 aromatic rings. The van der Waals surface area contributed by atoms with Gasteiger partial charge in [-0.25, -0.2) is 4.79 Å². The second kappa shape index (κ2) is 13.0. The predicted octanol–water partition coefficient (Wildman–Crippen LogP) is 4.32. The maximum absolute atomic E-state index is 13.1. The number of urea groups is 1. The Morgan fingerprint density at radius 3 is 2.07 bits per heavy atom. The van der Waals surface area contributed by atoms with Crippen LogP contribution < -0.4 is 16.0 Å². The van der Waals surface area contributed by atoms with E-state index in [1.807, 2.05) is 59.5 Å². The minimum absolute atomic E-state index is 0.0334. The molecule has 5 rings (SSSR count). The maximum atomic E-state index is 13.1. The molecule has 0 aromatic heterocycles. The summed E-state index contributed by atoms with van der Waals surface area (Å²) in [6, 6.07) is 23.4. The molecule has 0 unspecified atom stereocenters. The number of piperazine rings is 1. The van der Waals surface area contributed by atoms with E-state index >= 15 is 0 Å². The number of carbonyl (C=O) groups is 3. The second-order valence-electron chi connectivity index (χ2n) is 10.9. The van der Waals surface area contributed by atoms with Crippen molar-refractivity contribution >= 4 is 29.2 Å². The first-order valence-electron chi connectivity index (χ1n) is 14.2. The number of aliphatic hydroxyl groups excluding tert-OH is 1. The summed E-state index contributed by atoms with van der Waals surface area (Å²) < 4.78 is 0. The first-order chi connectivity index (χ1) is 19.9. The number of nitrogens with one attached hydrogen (secondary N) is 3. The molecule has 0 bridgehead atoms. The molecule has 4 N–H and O–H groups in total. The zero-order valence-electron chi connectivity index (χ0n) is 23.1. The molecule has 3 aromatic carbocycles. The van der Waals surface area contributed by atoms with Crippen LogP contribution in [0, 0.1) is 0 Å². The third-order valence-electron chi connectivity index (χ3n) is 7.92. The number of nitrogens with zero attached hydrogens (tertiary/aromatic N) is 2. The van der Waals surface area contributed by atoms with Crippen LogP contribution in [-0.2, 0) is 6.54 Å². The fourth-order valence-corrected chi connectivity index (χ4v) is 5.56. The van der Waals surface area contributed by atoms with E-state index in [-0.39, 0.29) is 24.5 Å². The highest BCUT2D eigenvalue weighted by Crippen LogP contribution is 2.29. The second-order valence-corrected chi connectivity index (χ2v) is 10.9. The van der Waals surface area contributed by atoms with Crippen LogP contribution in [-0.4, -0.2) is 71.1 Å². The SMILES string of the molecule is O=C(Nc1ccccc1)Nc1ccc(C(=O)N2CCN(Cc3cccc(C(=O)NC4(CO)CCCC4)c3)CC2)cc1. The maximum Gasteiger partial charge on any atom is 0.323 e. The number of benzene rings is 3. The van der Waals surface area contributed by atoms with Crippen molar-refractivity contribution < 1.29 is 19.5 Å². The minimum atomic E-state index is -0.496. The average Bonchev–Trinajstić information content (AvgIpc) is 3.47. The van der Waals surface area contributed by atoms with Crippen molar-refractivity contribution in [3.8, 4) is 0 Å². The zero-order valence-corrected chi connectivity index (χ0v) is 23.1. The zero-order chi connectivity index (χ0) is 28.7. The summed E-state index contributed by atoms with van der Waals surface area (Å²) >= 11 is 0. The van der Waals surface area contributed by atoms with Gasteiger partial charge in [-0.1, -0.05) is 43.2 Å². The summed E-state index contributed by atoms with van der Waals surface area (Å²) in [4.78, 5) is 42.4. The molecule has 2 fully saturated rings. The van der Waals surface area contributed by atoms with Crippen LogP contribution >= 0.6 is 0 Å². The van der Waals surface area contributed by atoms with Crippen LogP contribution in [0.15, 0.2) is 78.9 Å². The van der Waals surface area contributed by atoms with Crippen molar-refractivity contribution in [3.05, 3.63) is 95.6 Å². The smallest absolute Gasteiger partial charge is 0.323 e. The molecule has 1 aliphatic heterocycles. The van der Waals surface area contributed by atoms with Gasteiger partial charge in [-0.15, -0.1) is 0 Å². The summed E-state index contributed by atoms with van der Waals surface area (Å²) in [5, 5.41) is 18.5. The molecular weight excluding hydrogens is 518 g/mol. The normalized spacial score (nSPS) is 16.7. The highest BCUT2D eigenvalue weighted by Gasteiger charge is 2.34. The van der Waals surface area contributed by atoms with E-state index in [1.54, 1.807) is 24.3 Å². The van der Waals surface area contributed by atoms with E-state index in [9.17, 15) is 19.5 Å². The number of hydrogen-bond acceptors (Lipinski definition) is 5. The lowest BCUT2D eigenvalue weighted by Crippen LogP contribution is -2.49. The van der Waals surface area contributed by atoms with Crippen LogP contribution in [0.2, 0.25) is 0 Å². The van der Waals surface area contributed by atoms with Gasteiger partial charge in [0.25, 0.3) is 11.8 Å². The molecule has 1 saturated heterocycles. The summed E-state index contributed by atoms with van der Waals surface area (Å²) in [7, 11) is 0. The summed E-state index contributed by atoms with van der Waals surface area (Å²) in [5.74, 6) is -0.176. The van der Waals surface area contributed by atoms with E-state index < -0.39 is 5.54 Å². The predicted molar refractivity (Wildman–Crippen MR) is 159 cm³/mol. The fraction of sp³-hybridized carbons (Fsp3) is 0.344. The minimum Gasteiger partial charge on any atom is -0.394 e. The first kappa shape index (κ1) is 28.3. The molecule has 0 atom stereocenters. The number of aliphatic hydroxyl groups is 1. The van der Waals surface area contributed by atoms with Gasteiger partial charge in [0.05, 0.1) is 12.1 Å². The number of carbonyl (C=O) groups excluding carboxylic acids is 3. The van der Waals surface area contributed by atoms with Crippen LogP contribution in [0.25, 0.3) is 0 Å². The Bertz CT molecular complexity index is 1350. The van der Waals surface area contributed by atoms with E-state index in [1.165, 1.54) is 0 Å². The summed E-state index contributed by atoms with van der Waals surface area (Å²) in [6.07, 6.45) is 3.66. The topological polar surface area (TPSA) is 114 Å². The van der Waals surface area contributed by atoms with Crippen molar-refractivity contribution in [2.45, 2.75) is 37.8 Å². The highest BCUT2D eigenvalue weighted by molar-refractivity contribution is 6.00. The van der Waals surface area contributed by atoms with Crippen LogP contribution in [0.3, 0.4) is 0 Å². The molecule has 41 heavy (non-hydrogen) atoms. The van der Waals surface area contributed by atoms with E-state index in [0.717, 1.165) is 44.3 Å². The molecule has 1 aliphatic carbocycles. The monoisotopic (exact) mass is 555 g/mol. The van der Waals surface area contributed by atoms with E-state index in [0.29, 0.717) is 42.1 Å². The van der Waals surface area contributed by atoms with Crippen LogP contribution in [0.1, 0.15) is 52.0 Å². The Balaban J connectivity index is 1.09. The van der Waals surface area contributed by atoms with Gasteiger partial charge in [-0.2, -0.15) is 0 Å². The molecular formula is C32H37N5O4. The molecule has 0 radical (unpaired) electrons. The largest absolute Gasteiger partial charge is 0.394 e. The van der Waals surface area contributed by atoms with Crippen molar-refractivity contribution in [2.24, 2.45) is 0 Å². The standard InChI is InChI=1S/C32H37N5O4/c38-23-32(15-4-5-16-32)35-29(39)26-8-6-7-24(21-26)22-36-17-19-37(20-18-36)30(40)25-11-13-28(14-12-25)34-31(41)33-27-9-2-1-3-10-27/h1-3,6-14,21,38H,4-5,15-20,22-23H2,(H,35,39)(H2,33,34,41). The molecule has 1 saturated carbocycles. The van der Waals surface area contributed by atoms with Gasteiger partial charge in [-0.3, -0.25) is 14.5 Å². The Kier molecular flexibility index (Phi) is 8.96. The summed E-state index contributed by atoms with van der Waals surface area (Å²) in [5.41, 5.74) is 3.03. The number of para-hydroxylation sites is 1. The van der Waals surface area contributed by atoms with Gasteiger partial charge in [0, 0.05) is 55.2 Å². The molecule has 4 amide bonds. The Labute approximate surface area is 240 Å². The van der Waals surface area contributed by atoms with E-state index in [2.05, 4.69) is 20.9 Å². The lowest BCUT2D eigenvalue weighted by molar-refractivity contribution is 0.0628. The number of anilines is 2. The van der Waals surface area contributed by atoms with Crippen molar-refractivity contribution in [1.29, 1.82) is 0 Å². The third kappa shape index (κ3) is 7.31. The quantitative estimate of drug-likeness (QED) is 0.331. The van der Waals surface area contributed by atoms with Crippen LogP contribution in [0.4, 0.5) is 16.2 Å². The highest BCUT2D eigenvalue weighted by atomic mass is 16.3. The van der Waals surface area contributed by atoms with Gasteiger partial charge < -0.3 is 26.0 Å². The average molecular weight is 556 g/mol. The molecule has 9 heteroatoms. The van der Waals surface area contributed by atoms with Gasteiger partial charge in [-0.05, 0) is 66.9 Å². The lowest BCUT2D eigenvalue weighted by atomic mass is 9.98. The molecule has 214 valence electrons. The van der Waals surface area contributed by atoms with Crippen molar-refractivity contribution in [2.75, 3.05) is 43.4 Å². The van der Waals surface area contributed by atoms with Gasteiger partial charge >= 0.3 is 6.03 Å². The van der Waals surface area contributed by atoms with Gasteiger partial charge in [0.15, 0.2) is 0 Å². The molecule has 9 nitrogen and oxygen atoms in total. The molecule has 1 heterocycles. The van der Waals surface area contributed by atoms with E-state index in [4.69, 9.17) is 0 Å². The van der Waals surface area contributed by atoms with Gasteiger partial charge in [0.1, 0.15) is 0 Å². The summed E-state index contributed by atoms with van der Waals surface area (Å²) in [6.45, 7) is 3.34.